The van der Waals surface area contributed by atoms with Gasteiger partial charge in [-0.1, -0.05) is 0 Å². The summed E-state index contributed by atoms with van der Waals surface area (Å²) in [4.78, 5) is 2.22. The van der Waals surface area contributed by atoms with Crippen molar-refractivity contribution in [3.63, 3.8) is 0 Å². The molecule has 1 aromatic heterocycles. The summed E-state index contributed by atoms with van der Waals surface area (Å²) in [5, 5.41) is 17.2. The lowest BCUT2D eigenvalue weighted by Crippen LogP contribution is -2.25. The maximum atomic E-state index is 9.59. The van der Waals surface area contributed by atoms with E-state index in [9.17, 15) is 5.11 Å². The summed E-state index contributed by atoms with van der Waals surface area (Å²) >= 11 is 0. The van der Waals surface area contributed by atoms with Crippen molar-refractivity contribution in [2.24, 2.45) is 7.05 Å². The van der Waals surface area contributed by atoms with Crippen LogP contribution in [-0.4, -0.2) is 41.1 Å². The number of rotatable bonds is 3. The molecule has 90 valence electrons. The van der Waals surface area contributed by atoms with Crippen molar-refractivity contribution in [1.82, 2.24) is 15.1 Å². The lowest BCUT2D eigenvalue weighted by atomic mass is 10.2. The maximum Gasteiger partial charge on any atom is 0.131 e. The molecule has 0 amide bonds. The van der Waals surface area contributed by atoms with Gasteiger partial charge in [-0.2, -0.15) is 5.10 Å². The van der Waals surface area contributed by atoms with E-state index in [4.69, 9.17) is 0 Å². The number of β-amino-alcohol motifs (C(OH)–C–C–N with tert-alkyl or cyclic N) is 1. The van der Waals surface area contributed by atoms with E-state index in [0.717, 1.165) is 37.6 Å². The highest BCUT2D eigenvalue weighted by molar-refractivity contribution is 5.51. The van der Waals surface area contributed by atoms with Crippen LogP contribution in [0.2, 0.25) is 0 Å². The Labute approximate surface area is 96.1 Å². The van der Waals surface area contributed by atoms with E-state index in [2.05, 4.69) is 15.3 Å². The van der Waals surface area contributed by atoms with Crippen LogP contribution in [0.3, 0.4) is 0 Å². The molecule has 0 aliphatic carbocycles. The highest BCUT2D eigenvalue weighted by Gasteiger charge is 2.25. The third-order valence-corrected chi connectivity index (χ3v) is 3.13. The largest absolute Gasteiger partial charge is 0.391 e. The highest BCUT2D eigenvalue weighted by Crippen LogP contribution is 2.26. The molecule has 2 N–H and O–H groups in total. The molecule has 1 atom stereocenters. The molecule has 0 radical (unpaired) electrons. The van der Waals surface area contributed by atoms with Gasteiger partial charge in [-0.3, -0.25) is 4.68 Å². The fourth-order valence-corrected chi connectivity index (χ4v) is 2.40. The molecule has 0 spiro atoms. The molecule has 1 fully saturated rings. The van der Waals surface area contributed by atoms with E-state index in [1.54, 1.807) is 0 Å². The molecular weight excluding hydrogens is 204 g/mol. The molecule has 1 unspecified atom stereocenters. The van der Waals surface area contributed by atoms with E-state index < -0.39 is 0 Å². The summed E-state index contributed by atoms with van der Waals surface area (Å²) in [7, 11) is 3.90. The van der Waals surface area contributed by atoms with Crippen LogP contribution in [0.1, 0.15) is 17.7 Å². The van der Waals surface area contributed by atoms with Gasteiger partial charge in [-0.25, -0.2) is 0 Å². The van der Waals surface area contributed by atoms with Gasteiger partial charge in [0.25, 0.3) is 0 Å². The van der Waals surface area contributed by atoms with Gasteiger partial charge in [0.05, 0.1) is 11.8 Å². The first kappa shape index (κ1) is 11.4. The number of nitrogens with zero attached hydrogens (tertiary/aromatic N) is 3. The van der Waals surface area contributed by atoms with E-state index in [1.165, 1.54) is 5.56 Å². The Hall–Kier alpha value is -1.07. The Balaban J connectivity index is 2.31. The van der Waals surface area contributed by atoms with Crippen LogP contribution in [0, 0.1) is 6.92 Å². The minimum Gasteiger partial charge on any atom is -0.391 e. The number of anilines is 1. The predicted molar refractivity (Wildman–Crippen MR) is 63.5 cm³/mol. The molecule has 16 heavy (non-hydrogen) atoms. The first-order chi connectivity index (χ1) is 7.63. The van der Waals surface area contributed by atoms with Gasteiger partial charge in [0.15, 0.2) is 0 Å². The second-order valence-corrected chi connectivity index (χ2v) is 4.43. The normalized spacial score (nSPS) is 20.8. The lowest BCUT2D eigenvalue weighted by molar-refractivity contribution is 0.198. The zero-order valence-corrected chi connectivity index (χ0v) is 10.2. The van der Waals surface area contributed by atoms with Crippen molar-refractivity contribution in [1.29, 1.82) is 0 Å². The number of hydrogen-bond acceptors (Lipinski definition) is 4. The minimum atomic E-state index is -0.197. The minimum absolute atomic E-state index is 0.197. The quantitative estimate of drug-likeness (QED) is 0.760. The predicted octanol–water partition coefficient (Wildman–Crippen LogP) is 0.0189. The van der Waals surface area contributed by atoms with Crippen LogP contribution >= 0.6 is 0 Å². The summed E-state index contributed by atoms with van der Waals surface area (Å²) in [6.07, 6.45) is 0.654. The Morgan fingerprint density at radius 3 is 2.88 bits per heavy atom. The fourth-order valence-electron chi connectivity index (χ4n) is 2.40. The number of aliphatic hydroxyl groups excluding tert-OH is 1. The van der Waals surface area contributed by atoms with E-state index >= 15 is 0 Å². The molecule has 2 rings (SSSR count). The molecule has 0 bridgehead atoms. The van der Waals surface area contributed by atoms with Gasteiger partial charge in [-0.15, -0.1) is 0 Å². The Morgan fingerprint density at radius 2 is 2.31 bits per heavy atom. The third-order valence-electron chi connectivity index (χ3n) is 3.13. The summed E-state index contributed by atoms with van der Waals surface area (Å²) in [5.41, 5.74) is 2.30. The Kier molecular flexibility index (Phi) is 3.16. The van der Waals surface area contributed by atoms with Gasteiger partial charge in [-0.05, 0) is 20.4 Å². The zero-order valence-electron chi connectivity index (χ0n) is 10.2. The van der Waals surface area contributed by atoms with Crippen molar-refractivity contribution in [2.45, 2.75) is 26.0 Å². The highest BCUT2D eigenvalue weighted by atomic mass is 16.3. The molecular formula is C11H20N4O. The molecule has 5 nitrogen and oxygen atoms in total. The Morgan fingerprint density at radius 1 is 1.56 bits per heavy atom. The smallest absolute Gasteiger partial charge is 0.131 e. The molecule has 1 aliphatic rings. The standard InChI is InChI=1S/C11H20N4O/c1-8-10(6-12-2)11(14(3)13-8)15-5-4-9(16)7-15/h9,12,16H,4-7H2,1-3H3. The molecule has 0 saturated carbocycles. The molecule has 0 aromatic carbocycles. The van der Waals surface area contributed by atoms with Crippen LogP contribution in [0.4, 0.5) is 5.82 Å². The summed E-state index contributed by atoms with van der Waals surface area (Å²) in [6.45, 7) is 4.48. The van der Waals surface area contributed by atoms with Gasteiger partial charge in [0.1, 0.15) is 5.82 Å². The summed E-state index contributed by atoms with van der Waals surface area (Å²) in [6, 6.07) is 0. The monoisotopic (exact) mass is 224 g/mol. The Bertz CT molecular complexity index is 374. The molecule has 1 saturated heterocycles. The van der Waals surface area contributed by atoms with Crippen molar-refractivity contribution >= 4 is 5.82 Å². The maximum absolute atomic E-state index is 9.59. The second kappa shape index (κ2) is 4.43. The van der Waals surface area contributed by atoms with Crippen LogP contribution in [0.15, 0.2) is 0 Å². The van der Waals surface area contributed by atoms with Crippen molar-refractivity contribution in [2.75, 3.05) is 25.0 Å². The van der Waals surface area contributed by atoms with E-state index in [1.807, 2.05) is 25.7 Å². The van der Waals surface area contributed by atoms with Gasteiger partial charge < -0.3 is 15.3 Å². The SMILES string of the molecule is CNCc1c(C)nn(C)c1N1CCC(O)C1. The van der Waals surface area contributed by atoms with Crippen LogP contribution in [0.5, 0.6) is 0 Å². The van der Waals surface area contributed by atoms with E-state index in [0.29, 0.717) is 0 Å². The van der Waals surface area contributed by atoms with Crippen molar-refractivity contribution in [3.05, 3.63) is 11.3 Å². The third kappa shape index (κ3) is 1.92. The number of aliphatic hydroxyl groups is 1. The molecule has 1 aromatic rings. The van der Waals surface area contributed by atoms with Crippen molar-refractivity contribution in [3.8, 4) is 0 Å². The van der Waals surface area contributed by atoms with Crippen LogP contribution < -0.4 is 10.2 Å². The zero-order chi connectivity index (χ0) is 11.7. The molecule has 1 aliphatic heterocycles. The fraction of sp³-hybridized carbons (Fsp3) is 0.727. The second-order valence-electron chi connectivity index (χ2n) is 4.43. The van der Waals surface area contributed by atoms with E-state index in [-0.39, 0.29) is 6.10 Å². The summed E-state index contributed by atoms with van der Waals surface area (Å²) in [5.74, 6) is 1.14. The topological polar surface area (TPSA) is 53.3 Å². The van der Waals surface area contributed by atoms with Gasteiger partial charge >= 0.3 is 0 Å². The number of aryl methyl sites for hydroxylation is 2. The molecule has 5 heteroatoms. The number of nitrogens with one attached hydrogen (secondary N) is 1. The number of aromatic nitrogens is 2. The van der Waals surface area contributed by atoms with Crippen LogP contribution in [-0.2, 0) is 13.6 Å². The lowest BCUT2D eigenvalue weighted by Gasteiger charge is -2.19. The first-order valence-electron chi connectivity index (χ1n) is 5.73. The van der Waals surface area contributed by atoms with Gasteiger partial charge in [0, 0.05) is 32.2 Å². The van der Waals surface area contributed by atoms with Crippen molar-refractivity contribution < 1.29 is 5.11 Å². The number of hydrogen-bond donors (Lipinski definition) is 2. The molecule has 2 heterocycles. The average molecular weight is 224 g/mol. The summed E-state index contributed by atoms with van der Waals surface area (Å²) < 4.78 is 1.92. The first-order valence-corrected chi connectivity index (χ1v) is 5.73. The average Bonchev–Trinajstić information content (AvgIpc) is 2.73. The van der Waals surface area contributed by atoms with Crippen LogP contribution in [0.25, 0.3) is 0 Å². The van der Waals surface area contributed by atoms with Gasteiger partial charge in [0.2, 0.25) is 0 Å².